The lowest BCUT2D eigenvalue weighted by molar-refractivity contribution is 0.0526. The summed E-state index contributed by atoms with van der Waals surface area (Å²) >= 11 is 0. The normalized spacial score (nSPS) is 10.8. The van der Waals surface area contributed by atoms with Gasteiger partial charge >= 0.3 is 5.97 Å². The van der Waals surface area contributed by atoms with E-state index in [-0.39, 0.29) is 5.97 Å². The highest BCUT2D eigenvalue weighted by Gasteiger charge is 2.06. The first-order chi connectivity index (χ1) is 12.3. The van der Waals surface area contributed by atoms with Crippen LogP contribution in [0.15, 0.2) is 55.0 Å². The molecule has 0 saturated carbocycles. The molecule has 2 aromatic heterocycles. The lowest BCUT2D eigenvalue weighted by atomic mass is 10.2. The first-order valence-corrected chi connectivity index (χ1v) is 8.58. The summed E-state index contributed by atoms with van der Waals surface area (Å²) in [5.74, 6) is 0.465. The molecule has 0 bridgehead atoms. The Kier molecular flexibility index (Phi) is 5.67. The number of unbranched alkanes of at least 4 members (excludes halogenated alkanes) is 1. The molecular formula is C20H22N2O3. The number of aryl methyl sites for hydroxylation is 1. The third kappa shape index (κ3) is 4.38. The molecule has 0 spiro atoms. The minimum atomic E-state index is -0.303. The monoisotopic (exact) mass is 338 g/mol. The Morgan fingerprint density at radius 1 is 1.12 bits per heavy atom. The number of carbonyl (C=O) groups excluding carboxylic acids is 1. The molecule has 0 atom stereocenters. The van der Waals surface area contributed by atoms with Crippen LogP contribution in [0.4, 0.5) is 0 Å². The molecule has 0 saturated heterocycles. The average molecular weight is 338 g/mol. The molecule has 0 unspecified atom stereocenters. The summed E-state index contributed by atoms with van der Waals surface area (Å²) in [6.45, 7) is 2.82. The fourth-order valence-corrected chi connectivity index (χ4v) is 2.71. The zero-order chi connectivity index (χ0) is 17.5. The van der Waals surface area contributed by atoms with Crippen LogP contribution in [0.25, 0.3) is 5.52 Å². The molecule has 25 heavy (non-hydrogen) atoms. The first kappa shape index (κ1) is 17.0. The van der Waals surface area contributed by atoms with E-state index in [0.717, 1.165) is 30.5 Å². The molecule has 0 fully saturated rings. The smallest absolute Gasteiger partial charge is 0.338 e. The van der Waals surface area contributed by atoms with Gasteiger partial charge in [0.15, 0.2) is 0 Å². The maximum absolute atomic E-state index is 11.6. The van der Waals surface area contributed by atoms with Crippen LogP contribution < -0.4 is 4.74 Å². The summed E-state index contributed by atoms with van der Waals surface area (Å²) in [7, 11) is 0. The molecule has 3 aromatic rings. The van der Waals surface area contributed by atoms with Gasteiger partial charge in [-0.1, -0.05) is 6.07 Å². The van der Waals surface area contributed by atoms with Crippen molar-refractivity contribution in [1.29, 1.82) is 0 Å². The van der Waals surface area contributed by atoms with Crippen LogP contribution >= 0.6 is 0 Å². The Labute approximate surface area is 147 Å². The fourth-order valence-electron chi connectivity index (χ4n) is 2.71. The number of imidazole rings is 1. The molecule has 0 aliphatic rings. The van der Waals surface area contributed by atoms with E-state index in [1.54, 1.807) is 31.2 Å². The van der Waals surface area contributed by atoms with E-state index in [0.29, 0.717) is 18.8 Å². The topological polar surface area (TPSA) is 52.8 Å². The first-order valence-electron chi connectivity index (χ1n) is 8.58. The fraction of sp³-hybridized carbons (Fsp3) is 0.300. The van der Waals surface area contributed by atoms with E-state index in [9.17, 15) is 4.79 Å². The lowest BCUT2D eigenvalue weighted by Gasteiger charge is -2.08. The molecule has 3 rings (SSSR count). The van der Waals surface area contributed by atoms with Gasteiger partial charge in [-0.2, -0.15) is 0 Å². The number of hydrogen-bond donors (Lipinski definition) is 0. The Morgan fingerprint density at radius 3 is 2.76 bits per heavy atom. The third-order valence-corrected chi connectivity index (χ3v) is 3.99. The average Bonchev–Trinajstić information content (AvgIpc) is 3.12. The van der Waals surface area contributed by atoms with Gasteiger partial charge < -0.3 is 13.9 Å². The largest absolute Gasteiger partial charge is 0.494 e. The number of fused-ring (bicyclic) bond motifs is 1. The van der Waals surface area contributed by atoms with Gasteiger partial charge in [0, 0.05) is 5.69 Å². The van der Waals surface area contributed by atoms with Crippen molar-refractivity contribution in [2.45, 2.75) is 26.2 Å². The van der Waals surface area contributed by atoms with Crippen LogP contribution in [-0.4, -0.2) is 28.6 Å². The van der Waals surface area contributed by atoms with E-state index in [4.69, 9.17) is 9.47 Å². The van der Waals surface area contributed by atoms with Crippen molar-refractivity contribution in [3.05, 3.63) is 66.2 Å². The van der Waals surface area contributed by atoms with E-state index in [2.05, 4.69) is 27.6 Å². The summed E-state index contributed by atoms with van der Waals surface area (Å²) in [5.41, 5.74) is 2.92. The summed E-state index contributed by atoms with van der Waals surface area (Å²) in [6.07, 6.45) is 6.71. The number of aromatic nitrogens is 2. The van der Waals surface area contributed by atoms with E-state index < -0.39 is 0 Å². The van der Waals surface area contributed by atoms with Crippen molar-refractivity contribution in [2.75, 3.05) is 13.2 Å². The number of hydrogen-bond acceptors (Lipinski definition) is 4. The van der Waals surface area contributed by atoms with Crippen LogP contribution in [0.3, 0.4) is 0 Å². The number of rotatable bonds is 8. The Morgan fingerprint density at radius 2 is 1.96 bits per heavy atom. The minimum Gasteiger partial charge on any atom is -0.494 e. The number of pyridine rings is 1. The van der Waals surface area contributed by atoms with Gasteiger partial charge in [-0.05, 0) is 62.6 Å². The number of esters is 1. The number of nitrogens with zero attached hydrogens (tertiary/aromatic N) is 2. The van der Waals surface area contributed by atoms with Gasteiger partial charge in [-0.3, -0.25) is 0 Å². The molecule has 5 heteroatoms. The molecule has 0 amide bonds. The SMILES string of the molecule is CCOC(=O)c1ccc(OCCCCc2cccc3cncn23)cc1. The van der Waals surface area contributed by atoms with E-state index in [1.165, 1.54) is 5.69 Å². The second-order valence-corrected chi connectivity index (χ2v) is 5.76. The molecule has 0 aliphatic heterocycles. The lowest BCUT2D eigenvalue weighted by Crippen LogP contribution is -2.04. The van der Waals surface area contributed by atoms with E-state index >= 15 is 0 Å². The number of ether oxygens (including phenoxy) is 2. The molecule has 0 radical (unpaired) electrons. The Bertz CT molecular complexity index is 824. The molecule has 2 heterocycles. The predicted octanol–water partition coefficient (Wildman–Crippen LogP) is 3.91. The maximum atomic E-state index is 11.6. The minimum absolute atomic E-state index is 0.303. The molecule has 0 aliphatic carbocycles. The molecule has 5 nitrogen and oxygen atoms in total. The Hall–Kier alpha value is -2.82. The number of benzene rings is 1. The van der Waals surface area contributed by atoms with Gasteiger partial charge in [-0.15, -0.1) is 0 Å². The predicted molar refractivity (Wildman–Crippen MR) is 96.0 cm³/mol. The molecular weight excluding hydrogens is 316 g/mol. The second kappa shape index (κ2) is 8.33. The van der Waals surface area contributed by atoms with Crippen molar-refractivity contribution in [3.8, 4) is 5.75 Å². The van der Waals surface area contributed by atoms with Gasteiger partial charge in [0.2, 0.25) is 0 Å². The second-order valence-electron chi connectivity index (χ2n) is 5.76. The quantitative estimate of drug-likeness (QED) is 0.461. The van der Waals surface area contributed by atoms with Crippen molar-refractivity contribution < 1.29 is 14.3 Å². The molecule has 130 valence electrons. The highest BCUT2D eigenvalue weighted by Crippen LogP contribution is 2.14. The van der Waals surface area contributed by atoms with Gasteiger partial charge in [-0.25, -0.2) is 9.78 Å². The molecule has 0 N–H and O–H groups in total. The Balaban J connectivity index is 1.43. The summed E-state index contributed by atoms with van der Waals surface area (Å²) < 4.78 is 12.8. The van der Waals surface area contributed by atoms with Crippen LogP contribution in [0.1, 0.15) is 35.8 Å². The highest BCUT2D eigenvalue weighted by molar-refractivity contribution is 5.89. The van der Waals surface area contributed by atoms with Crippen molar-refractivity contribution in [3.63, 3.8) is 0 Å². The van der Waals surface area contributed by atoms with Gasteiger partial charge in [0.25, 0.3) is 0 Å². The zero-order valence-corrected chi connectivity index (χ0v) is 14.4. The maximum Gasteiger partial charge on any atom is 0.338 e. The van der Waals surface area contributed by atoms with Crippen LogP contribution in [0.2, 0.25) is 0 Å². The standard InChI is InChI=1S/C20H22N2O3/c1-2-24-20(23)16-9-11-19(12-10-16)25-13-4-3-6-17-7-5-8-18-14-21-15-22(17)18/h5,7-12,14-15H,2-4,6,13H2,1H3. The van der Waals surface area contributed by atoms with Crippen molar-refractivity contribution in [1.82, 2.24) is 9.38 Å². The van der Waals surface area contributed by atoms with Gasteiger partial charge in [0.05, 0.1) is 36.8 Å². The summed E-state index contributed by atoms with van der Waals surface area (Å²) in [4.78, 5) is 15.8. The van der Waals surface area contributed by atoms with Crippen LogP contribution in [-0.2, 0) is 11.2 Å². The van der Waals surface area contributed by atoms with E-state index in [1.807, 2.05) is 12.5 Å². The van der Waals surface area contributed by atoms with Crippen molar-refractivity contribution in [2.24, 2.45) is 0 Å². The third-order valence-electron chi connectivity index (χ3n) is 3.99. The zero-order valence-electron chi connectivity index (χ0n) is 14.4. The highest BCUT2D eigenvalue weighted by atomic mass is 16.5. The number of carbonyl (C=O) groups is 1. The summed E-state index contributed by atoms with van der Waals surface area (Å²) in [6, 6.07) is 13.3. The van der Waals surface area contributed by atoms with Crippen LogP contribution in [0, 0.1) is 0 Å². The van der Waals surface area contributed by atoms with Crippen molar-refractivity contribution >= 4 is 11.5 Å². The summed E-state index contributed by atoms with van der Waals surface area (Å²) in [5, 5.41) is 0. The van der Waals surface area contributed by atoms with Gasteiger partial charge in [0.1, 0.15) is 5.75 Å². The molecule has 1 aromatic carbocycles. The van der Waals surface area contributed by atoms with Crippen LogP contribution in [0.5, 0.6) is 5.75 Å².